The number of nitrogens with zero attached hydrogens (tertiary/aromatic N) is 1. The lowest BCUT2D eigenvalue weighted by molar-refractivity contribution is -0.143. The van der Waals surface area contributed by atoms with Crippen LogP contribution in [0.1, 0.15) is 55.5 Å². The number of esters is 1. The number of ether oxygens (including phenoxy) is 1. The number of hydrogen-bond donors (Lipinski definition) is 2. The summed E-state index contributed by atoms with van der Waals surface area (Å²) in [5.74, 6) is -0.354. The third kappa shape index (κ3) is 3.95. The third-order valence-electron chi connectivity index (χ3n) is 5.30. The molecule has 0 amide bonds. The molecule has 0 aliphatic carbocycles. The molecule has 0 aliphatic rings. The zero-order valence-corrected chi connectivity index (χ0v) is 17.9. The Morgan fingerprint density at radius 2 is 2.03 bits per heavy atom. The molecule has 0 bridgehead atoms. The van der Waals surface area contributed by atoms with Gasteiger partial charge in [-0.1, -0.05) is 13.8 Å². The molecular weight excluding hydrogens is 381 g/mol. The van der Waals surface area contributed by atoms with E-state index in [0.717, 1.165) is 27.8 Å². The molecule has 158 valence electrons. The molecule has 3 N–H and O–H groups in total. The Morgan fingerprint density at radius 3 is 2.63 bits per heavy atom. The van der Waals surface area contributed by atoms with Crippen molar-refractivity contribution in [3.8, 4) is 5.69 Å². The summed E-state index contributed by atoms with van der Waals surface area (Å²) in [6.07, 6.45) is 2.01. The van der Waals surface area contributed by atoms with E-state index in [4.69, 9.17) is 15.9 Å². The first kappa shape index (κ1) is 21.6. The molecule has 1 aromatic heterocycles. The monoisotopic (exact) mass is 409 g/mol. The van der Waals surface area contributed by atoms with Crippen LogP contribution in [0.25, 0.3) is 16.6 Å². The van der Waals surface area contributed by atoms with Crippen LogP contribution in [-0.2, 0) is 16.0 Å². The molecule has 0 aliphatic heterocycles. The zero-order chi connectivity index (χ0) is 22.0. The number of benzene rings is 2. The van der Waals surface area contributed by atoms with Crippen LogP contribution in [0.5, 0.6) is 0 Å². The smallest absolute Gasteiger partial charge is 0.306 e. The fourth-order valence-electron chi connectivity index (χ4n) is 3.95. The molecule has 0 spiro atoms. The summed E-state index contributed by atoms with van der Waals surface area (Å²) < 4.78 is 21.2. The van der Waals surface area contributed by atoms with Crippen LogP contribution in [0.15, 0.2) is 30.3 Å². The highest BCUT2D eigenvalue weighted by molar-refractivity contribution is 5.98. The average molecular weight is 410 g/mol. The van der Waals surface area contributed by atoms with E-state index < -0.39 is 0 Å². The second-order valence-electron chi connectivity index (χ2n) is 7.74. The van der Waals surface area contributed by atoms with Gasteiger partial charge in [0.05, 0.1) is 12.1 Å². The van der Waals surface area contributed by atoms with Gasteiger partial charge in [0.2, 0.25) is 0 Å². The van der Waals surface area contributed by atoms with E-state index >= 15 is 0 Å². The minimum Gasteiger partial charge on any atom is -0.466 e. The molecular formula is C24H28FN3O2. The van der Waals surface area contributed by atoms with Crippen molar-refractivity contribution in [1.29, 1.82) is 5.41 Å². The number of hydrogen-bond acceptors (Lipinski definition) is 4. The summed E-state index contributed by atoms with van der Waals surface area (Å²) in [7, 11) is 0. The molecule has 0 radical (unpaired) electrons. The molecule has 3 rings (SSSR count). The summed E-state index contributed by atoms with van der Waals surface area (Å²) in [6, 6.07) is 8.79. The number of halogens is 1. The van der Waals surface area contributed by atoms with Gasteiger partial charge in [0.1, 0.15) is 5.82 Å². The largest absolute Gasteiger partial charge is 0.466 e. The Hall–Kier alpha value is -3.15. The van der Waals surface area contributed by atoms with E-state index in [2.05, 4.69) is 18.4 Å². The van der Waals surface area contributed by atoms with Gasteiger partial charge in [0, 0.05) is 40.7 Å². The maximum Gasteiger partial charge on any atom is 0.306 e. The molecule has 1 heterocycles. The van der Waals surface area contributed by atoms with Gasteiger partial charge in [-0.05, 0) is 67.6 Å². The highest BCUT2D eigenvalue weighted by Crippen LogP contribution is 2.37. The number of carbonyl (C=O) groups is 1. The van der Waals surface area contributed by atoms with Crippen LogP contribution in [0.4, 0.5) is 10.1 Å². The molecule has 3 aromatic rings. The predicted molar refractivity (Wildman–Crippen MR) is 119 cm³/mol. The summed E-state index contributed by atoms with van der Waals surface area (Å²) in [5, 5.41) is 8.64. The Balaban J connectivity index is 2.31. The van der Waals surface area contributed by atoms with Crippen molar-refractivity contribution in [3.63, 3.8) is 0 Å². The van der Waals surface area contributed by atoms with E-state index in [1.54, 1.807) is 19.9 Å². The highest BCUT2D eigenvalue weighted by Gasteiger charge is 2.22. The van der Waals surface area contributed by atoms with Crippen molar-refractivity contribution in [2.45, 2.75) is 46.5 Å². The Bertz CT molecular complexity index is 1120. The number of nitrogens with two attached hydrogens (primary N) is 1. The van der Waals surface area contributed by atoms with E-state index in [-0.39, 0.29) is 24.1 Å². The van der Waals surface area contributed by atoms with Gasteiger partial charge in [0.25, 0.3) is 0 Å². The van der Waals surface area contributed by atoms with Gasteiger partial charge in [-0.15, -0.1) is 0 Å². The average Bonchev–Trinajstić information content (AvgIpc) is 3.01. The number of nitrogen functional groups attached to an aromatic ring is 1. The first-order chi connectivity index (χ1) is 14.3. The van der Waals surface area contributed by atoms with E-state index in [9.17, 15) is 9.18 Å². The van der Waals surface area contributed by atoms with Gasteiger partial charge >= 0.3 is 5.97 Å². The quantitative estimate of drug-likeness (QED) is 0.317. The van der Waals surface area contributed by atoms with Gasteiger partial charge in [-0.3, -0.25) is 4.79 Å². The SMILES string of the molecule is CCOC(=O)CCc1c(C(C)C)n(-c2ccc(F)c(C)c2)c2cc(C=N)c(N)cc12. The second-order valence-corrected chi connectivity index (χ2v) is 7.74. The van der Waals surface area contributed by atoms with E-state index in [1.165, 1.54) is 12.3 Å². The summed E-state index contributed by atoms with van der Waals surface area (Å²) in [6.45, 7) is 8.07. The van der Waals surface area contributed by atoms with E-state index in [0.29, 0.717) is 29.8 Å². The number of aryl methyl sites for hydroxylation is 2. The number of fused-ring (bicyclic) bond motifs is 1. The Morgan fingerprint density at radius 1 is 1.30 bits per heavy atom. The van der Waals surface area contributed by atoms with Crippen molar-refractivity contribution in [2.75, 3.05) is 12.3 Å². The third-order valence-corrected chi connectivity index (χ3v) is 5.30. The van der Waals surface area contributed by atoms with Crippen LogP contribution in [0.3, 0.4) is 0 Å². The molecule has 0 atom stereocenters. The molecule has 5 nitrogen and oxygen atoms in total. The number of carbonyl (C=O) groups excluding carboxylic acids is 1. The van der Waals surface area contributed by atoms with Crippen LogP contribution < -0.4 is 5.73 Å². The van der Waals surface area contributed by atoms with Gasteiger partial charge in [0.15, 0.2) is 0 Å². The molecule has 0 fully saturated rings. The van der Waals surface area contributed by atoms with E-state index in [1.807, 2.05) is 18.2 Å². The van der Waals surface area contributed by atoms with Crippen molar-refractivity contribution >= 4 is 28.8 Å². The van der Waals surface area contributed by atoms with Crippen LogP contribution >= 0.6 is 0 Å². The lowest BCUT2D eigenvalue weighted by Crippen LogP contribution is -2.08. The molecule has 0 saturated carbocycles. The number of aromatic nitrogens is 1. The summed E-state index contributed by atoms with van der Waals surface area (Å²) >= 11 is 0. The zero-order valence-electron chi connectivity index (χ0n) is 17.9. The highest BCUT2D eigenvalue weighted by atomic mass is 19.1. The van der Waals surface area contributed by atoms with Crippen molar-refractivity contribution < 1.29 is 13.9 Å². The standard InChI is InChI=1S/C24H28FN3O2/c1-5-30-23(29)9-7-18-19-12-21(27)16(13-26)11-22(19)28(24(18)14(2)3)17-6-8-20(25)15(4)10-17/h6,8,10-14,26H,5,7,9,27H2,1-4H3. The second kappa shape index (κ2) is 8.69. The normalized spacial score (nSPS) is 11.3. The van der Waals surface area contributed by atoms with Gasteiger partial charge in [-0.2, -0.15) is 0 Å². The van der Waals surface area contributed by atoms with Crippen LogP contribution in [-0.4, -0.2) is 23.4 Å². The maximum atomic E-state index is 13.9. The van der Waals surface area contributed by atoms with Crippen molar-refractivity contribution in [3.05, 3.63) is 58.5 Å². The van der Waals surface area contributed by atoms with Crippen LogP contribution in [0.2, 0.25) is 0 Å². The number of anilines is 1. The minimum atomic E-state index is -0.256. The maximum absolute atomic E-state index is 13.9. The first-order valence-corrected chi connectivity index (χ1v) is 10.2. The number of nitrogens with one attached hydrogen (secondary N) is 1. The van der Waals surface area contributed by atoms with Gasteiger partial charge < -0.3 is 20.4 Å². The fourth-order valence-corrected chi connectivity index (χ4v) is 3.95. The molecule has 0 saturated heterocycles. The van der Waals surface area contributed by atoms with Crippen molar-refractivity contribution in [2.24, 2.45) is 0 Å². The van der Waals surface area contributed by atoms with Crippen LogP contribution in [0, 0.1) is 18.2 Å². The first-order valence-electron chi connectivity index (χ1n) is 10.2. The minimum absolute atomic E-state index is 0.143. The fraction of sp³-hybridized carbons (Fsp3) is 0.333. The van der Waals surface area contributed by atoms with Crippen molar-refractivity contribution in [1.82, 2.24) is 4.57 Å². The number of rotatable bonds is 7. The Kier molecular flexibility index (Phi) is 6.25. The summed E-state index contributed by atoms with van der Waals surface area (Å²) in [4.78, 5) is 12.0. The molecule has 0 unspecified atom stereocenters. The lowest BCUT2D eigenvalue weighted by atomic mass is 9.98. The lowest BCUT2D eigenvalue weighted by Gasteiger charge is -2.16. The predicted octanol–water partition coefficient (Wildman–Crippen LogP) is 5.28. The summed E-state index contributed by atoms with van der Waals surface area (Å²) in [5.41, 5.74) is 11.7. The van der Waals surface area contributed by atoms with Gasteiger partial charge in [-0.25, -0.2) is 4.39 Å². The molecule has 2 aromatic carbocycles. The Labute approximate surface area is 176 Å². The molecule has 30 heavy (non-hydrogen) atoms. The molecule has 6 heteroatoms. The topological polar surface area (TPSA) is 81.1 Å².